The van der Waals surface area contributed by atoms with E-state index in [0.29, 0.717) is 6.54 Å². The van der Waals surface area contributed by atoms with Gasteiger partial charge in [0, 0.05) is 6.42 Å². The lowest BCUT2D eigenvalue weighted by Crippen LogP contribution is -2.01. The van der Waals surface area contributed by atoms with Crippen LogP contribution in [0.3, 0.4) is 0 Å². The van der Waals surface area contributed by atoms with Crippen LogP contribution in [0.15, 0.2) is 0 Å². The Morgan fingerprint density at radius 1 is 1.57 bits per heavy atom. The van der Waals surface area contributed by atoms with Gasteiger partial charge >= 0.3 is 0 Å². The summed E-state index contributed by atoms with van der Waals surface area (Å²) in [4.78, 5) is 0. The molecule has 0 rings (SSSR count). The van der Waals surface area contributed by atoms with Gasteiger partial charge in [0.1, 0.15) is 6.54 Å². The topological polar surface area (TPSA) is 26.1 Å². The fourth-order valence-corrected chi connectivity index (χ4v) is 0.333. The molecule has 0 aromatic rings. The molecule has 0 atom stereocenters. The highest BCUT2D eigenvalue weighted by Crippen LogP contribution is 1.68. The summed E-state index contributed by atoms with van der Waals surface area (Å²) in [6.07, 6.45) is 2.46. The van der Waals surface area contributed by atoms with Crippen molar-refractivity contribution in [2.24, 2.45) is 0 Å². The van der Waals surface area contributed by atoms with Crippen molar-refractivity contribution < 1.29 is 4.74 Å². The number of hydrogen-bond donors (Lipinski definition) is 0. The molecule has 0 unspecified atom stereocenters. The Morgan fingerprint density at radius 3 is 2.29 bits per heavy atom. The molecule has 0 saturated heterocycles. The van der Waals surface area contributed by atoms with Crippen molar-refractivity contribution in [1.82, 2.24) is 0 Å². The summed E-state index contributed by atoms with van der Waals surface area (Å²) in [6.45, 7) is 4.34. The van der Waals surface area contributed by atoms with Crippen LogP contribution in [-0.4, -0.2) is 17.5 Å². The Bertz CT molecular complexity index is 68.5. The van der Waals surface area contributed by atoms with Crippen molar-refractivity contribution >= 4 is 6.21 Å². The largest absolute Gasteiger partial charge is 0.624 e. The first kappa shape index (κ1) is 6.47. The van der Waals surface area contributed by atoms with Gasteiger partial charge in [-0.3, -0.25) is 0 Å². The van der Waals surface area contributed by atoms with E-state index in [1.165, 1.54) is 0 Å². The van der Waals surface area contributed by atoms with E-state index in [1.54, 1.807) is 6.21 Å². The maximum absolute atomic E-state index is 10.3. The highest BCUT2D eigenvalue weighted by molar-refractivity contribution is 5.50. The first-order valence-corrected chi connectivity index (χ1v) is 2.58. The normalized spacial score (nSPS) is 12.0. The van der Waals surface area contributed by atoms with E-state index in [-0.39, 0.29) is 0 Å². The van der Waals surface area contributed by atoms with Gasteiger partial charge < -0.3 is 5.21 Å². The molecule has 0 heterocycles. The van der Waals surface area contributed by atoms with Gasteiger partial charge in [0.2, 0.25) is 0 Å². The van der Waals surface area contributed by atoms with Gasteiger partial charge in [-0.25, -0.2) is 4.74 Å². The number of nitrogens with zero attached hydrogens (tertiary/aromatic N) is 1. The Labute approximate surface area is 44.1 Å². The van der Waals surface area contributed by atoms with Crippen molar-refractivity contribution in [3.05, 3.63) is 5.21 Å². The minimum atomic E-state index is 0.563. The Kier molecular flexibility index (Phi) is 3.38. The molecule has 0 amide bonds. The van der Waals surface area contributed by atoms with Gasteiger partial charge in [0.05, 0.1) is 0 Å². The molecule has 0 aliphatic heterocycles. The van der Waals surface area contributed by atoms with Gasteiger partial charge in [-0.05, 0) is 6.92 Å². The summed E-state index contributed by atoms with van der Waals surface area (Å²) in [5.41, 5.74) is 0. The van der Waals surface area contributed by atoms with Crippen molar-refractivity contribution in [3.63, 3.8) is 0 Å². The zero-order valence-corrected chi connectivity index (χ0v) is 4.85. The molecule has 0 N–H and O–H groups in total. The Balaban J connectivity index is 3.29. The molecule has 0 fully saturated rings. The Hall–Kier alpha value is -0.530. The summed E-state index contributed by atoms with van der Waals surface area (Å²) in [5.74, 6) is 0. The van der Waals surface area contributed by atoms with E-state index in [4.69, 9.17) is 0 Å². The average Bonchev–Trinajstić information content (AvgIpc) is 1.68. The van der Waals surface area contributed by atoms with Gasteiger partial charge in [-0.15, -0.1) is 0 Å². The van der Waals surface area contributed by atoms with E-state index in [1.807, 2.05) is 13.8 Å². The van der Waals surface area contributed by atoms with Gasteiger partial charge in [0.15, 0.2) is 6.21 Å². The molecule has 0 aromatic carbocycles. The maximum atomic E-state index is 10.3. The fourth-order valence-electron chi connectivity index (χ4n) is 0.333. The van der Waals surface area contributed by atoms with E-state index in [9.17, 15) is 5.21 Å². The molecule has 2 heteroatoms. The molecule has 0 aliphatic rings. The van der Waals surface area contributed by atoms with Crippen molar-refractivity contribution in [1.29, 1.82) is 0 Å². The summed E-state index contributed by atoms with van der Waals surface area (Å²) < 4.78 is 0.931. The second-order valence-electron chi connectivity index (χ2n) is 1.32. The third-order valence-corrected chi connectivity index (χ3v) is 0.698. The summed E-state index contributed by atoms with van der Waals surface area (Å²) >= 11 is 0. The summed E-state index contributed by atoms with van der Waals surface area (Å²) in [6, 6.07) is 0. The molecular weight excluding hydrogens is 90.1 g/mol. The second kappa shape index (κ2) is 3.65. The van der Waals surface area contributed by atoms with E-state index < -0.39 is 0 Å². The number of rotatable bonds is 2. The molecule has 0 radical (unpaired) electrons. The van der Waals surface area contributed by atoms with Crippen LogP contribution in [0, 0.1) is 5.21 Å². The SMILES string of the molecule is CC/C=[N+](/[O-])CC. The Morgan fingerprint density at radius 2 is 2.14 bits per heavy atom. The molecule has 0 aliphatic carbocycles. The predicted octanol–water partition coefficient (Wildman–Crippen LogP) is 0.997. The summed E-state index contributed by atoms with van der Waals surface area (Å²) in [7, 11) is 0. The maximum Gasteiger partial charge on any atom is 0.150 e. The van der Waals surface area contributed by atoms with Crippen LogP contribution in [0.2, 0.25) is 0 Å². The van der Waals surface area contributed by atoms with Crippen LogP contribution in [0.4, 0.5) is 0 Å². The van der Waals surface area contributed by atoms with Gasteiger partial charge in [0.25, 0.3) is 0 Å². The molecule has 0 bridgehead atoms. The summed E-state index contributed by atoms with van der Waals surface area (Å²) in [5, 5.41) is 10.3. The lowest BCUT2D eigenvalue weighted by Gasteiger charge is -1.95. The highest BCUT2D eigenvalue weighted by atomic mass is 16.5. The molecule has 0 saturated carbocycles. The molecule has 0 aromatic heterocycles. The minimum Gasteiger partial charge on any atom is -0.624 e. The van der Waals surface area contributed by atoms with E-state index >= 15 is 0 Å². The first-order valence-electron chi connectivity index (χ1n) is 2.58. The van der Waals surface area contributed by atoms with Crippen LogP contribution < -0.4 is 0 Å². The zero-order valence-electron chi connectivity index (χ0n) is 4.85. The molecule has 2 nitrogen and oxygen atoms in total. The molecule has 7 heavy (non-hydrogen) atoms. The highest BCUT2D eigenvalue weighted by Gasteiger charge is 1.78. The van der Waals surface area contributed by atoms with E-state index in [2.05, 4.69) is 0 Å². The van der Waals surface area contributed by atoms with Crippen LogP contribution >= 0.6 is 0 Å². The fraction of sp³-hybridized carbons (Fsp3) is 0.800. The zero-order chi connectivity index (χ0) is 5.70. The minimum absolute atomic E-state index is 0.563. The van der Waals surface area contributed by atoms with Crippen molar-refractivity contribution in [3.8, 4) is 0 Å². The molecular formula is C5H11NO. The number of hydroxylamine groups is 1. The lowest BCUT2D eigenvalue weighted by molar-refractivity contribution is -0.449. The predicted molar refractivity (Wildman–Crippen MR) is 30.5 cm³/mol. The third-order valence-electron chi connectivity index (χ3n) is 0.698. The van der Waals surface area contributed by atoms with E-state index in [0.717, 1.165) is 11.2 Å². The van der Waals surface area contributed by atoms with Crippen LogP contribution in [0.5, 0.6) is 0 Å². The van der Waals surface area contributed by atoms with Crippen LogP contribution in [0.25, 0.3) is 0 Å². The third kappa shape index (κ3) is 3.30. The average molecular weight is 101 g/mol. The second-order valence-corrected chi connectivity index (χ2v) is 1.32. The van der Waals surface area contributed by atoms with Gasteiger partial charge in [-0.2, -0.15) is 0 Å². The standard InChI is InChI=1S/C5H11NO/c1-3-5-6(7)4-2/h5H,3-4H2,1-2H3/b6-5+. The van der Waals surface area contributed by atoms with Gasteiger partial charge in [-0.1, -0.05) is 6.92 Å². The van der Waals surface area contributed by atoms with Crippen molar-refractivity contribution in [2.75, 3.05) is 6.54 Å². The number of hydrogen-bond acceptors (Lipinski definition) is 1. The smallest absolute Gasteiger partial charge is 0.150 e. The first-order chi connectivity index (χ1) is 3.31. The monoisotopic (exact) mass is 101 g/mol. The molecule has 42 valence electrons. The molecule has 0 spiro atoms. The van der Waals surface area contributed by atoms with Crippen LogP contribution in [0.1, 0.15) is 20.3 Å². The lowest BCUT2D eigenvalue weighted by atomic mass is 10.5. The van der Waals surface area contributed by atoms with Crippen LogP contribution in [-0.2, 0) is 0 Å². The van der Waals surface area contributed by atoms with Crippen molar-refractivity contribution in [2.45, 2.75) is 20.3 Å². The quantitative estimate of drug-likeness (QED) is 0.220.